The standard InChI is InChI=1S/C18H32O2/c1-13(19)11-20-18-8-5-7-17(4,12-18)9-6-14-15(18)10-16(14,2)3/h13-15,19H,5-12H2,1-4H3/t13-,14?,15?,17?,18?/m0/s1. The van der Waals surface area contributed by atoms with Crippen molar-refractivity contribution >= 4 is 0 Å². The lowest BCUT2D eigenvalue weighted by Gasteiger charge is -2.59. The van der Waals surface area contributed by atoms with E-state index < -0.39 is 0 Å². The van der Waals surface area contributed by atoms with Gasteiger partial charge in [0.25, 0.3) is 0 Å². The van der Waals surface area contributed by atoms with Gasteiger partial charge in [0.1, 0.15) is 0 Å². The molecule has 20 heavy (non-hydrogen) atoms. The van der Waals surface area contributed by atoms with E-state index in [4.69, 9.17) is 4.74 Å². The number of hydrogen-bond donors (Lipinski definition) is 1. The van der Waals surface area contributed by atoms with Crippen molar-refractivity contribution in [3.63, 3.8) is 0 Å². The largest absolute Gasteiger partial charge is 0.391 e. The molecular weight excluding hydrogens is 248 g/mol. The van der Waals surface area contributed by atoms with Gasteiger partial charge in [0.2, 0.25) is 0 Å². The maximum Gasteiger partial charge on any atom is 0.0745 e. The molecule has 0 saturated heterocycles. The Morgan fingerprint density at radius 2 is 1.90 bits per heavy atom. The number of ether oxygens (including phenoxy) is 1. The lowest BCUT2D eigenvalue weighted by molar-refractivity contribution is -0.201. The fourth-order valence-corrected chi connectivity index (χ4v) is 5.65. The molecule has 0 spiro atoms. The molecule has 2 nitrogen and oxygen atoms in total. The average Bonchev–Trinajstić information content (AvgIpc) is 2.40. The Hall–Kier alpha value is -0.0800. The van der Waals surface area contributed by atoms with Gasteiger partial charge in [-0.25, -0.2) is 0 Å². The van der Waals surface area contributed by atoms with Gasteiger partial charge >= 0.3 is 0 Å². The summed E-state index contributed by atoms with van der Waals surface area (Å²) in [6, 6.07) is 0. The van der Waals surface area contributed by atoms with Crippen LogP contribution < -0.4 is 0 Å². The molecular formula is C18H32O2. The average molecular weight is 280 g/mol. The summed E-state index contributed by atoms with van der Waals surface area (Å²) < 4.78 is 6.43. The van der Waals surface area contributed by atoms with Crippen LogP contribution in [-0.4, -0.2) is 23.4 Å². The molecule has 2 heteroatoms. The highest BCUT2D eigenvalue weighted by Gasteiger charge is 2.61. The topological polar surface area (TPSA) is 29.5 Å². The summed E-state index contributed by atoms with van der Waals surface area (Å²) in [4.78, 5) is 0. The zero-order chi connectivity index (χ0) is 14.6. The van der Waals surface area contributed by atoms with Crippen LogP contribution in [0, 0.1) is 22.7 Å². The smallest absolute Gasteiger partial charge is 0.0745 e. The molecule has 116 valence electrons. The Labute approximate surface area is 124 Å². The highest BCUT2D eigenvalue weighted by atomic mass is 16.5. The molecule has 4 unspecified atom stereocenters. The van der Waals surface area contributed by atoms with Crippen LogP contribution in [0.4, 0.5) is 0 Å². The quantitative estimate of drug-likeness (QED) is 0.841. The van der Waals surface area contributed by atoms with Crippen LogP contribution in [0.1, 0.15) is 72.6 Å². The molecule has 3 aliphatic rings. The summed E-state index contributed by atoms with van der Waals surface area (Å²) in [6.07, 6.45) is 8.84. The second-order valence-electron chi connectivity index (χ2n) is 9.01. The minimum atomic E-state index is -0.340. The molecule has 1 N–H and O–H groups in total. The van der Waals surface area contributed by atoms with Crippen LogP contribution in [0.5, 0.6) is 0 Å². The first-order valence-electron chi connectivity index (χ1n) is 8.59. The Kier molecular flexibility index (Phi) is 3.49. The van der Waals surface area contributed by atoms with E-state index in [0.717, 1.165) is 11.8 Å². The highest BCUT2D eigenvalue weighted by molar-refractivity contribution is 5.11. The molecule has 0 aromatic rings. The maximum atomic E-state index is 9.66. The minimum absolute atomic E-state index is 0.0701. The molecule has 0 aromatic heterocycles. The molecule has 3 aliphatic carbocycles. The van der Waals surface area contributed by atoms with E-state index in [1.807, 2.05) is 6.92 Å². The molecule has 3 saturated carbocycles. The Morgan fingerprint density at radius 1 is 1.15 bits per heavy atom. The summed E-state index contributed by atoms with van der Waals surface area (Å²) in [5, 5.41) is 9.66. The monoisotopic (exact) mass is 280 g/mol. The zero-order valence-electron chi connectivity index (χ0n) is 13.7. The first-order chi connectivity index (χ1) is 9.27. The molecule has 0 aliphatic heterocycles. The Bertz CT molecular complexity index is 376. The fraction of sp³-hybridized carbons (Fsp3) is 1.00. The van der Waals surface area contributed by atoms with Crippen molar-refractivity contribution in [2.24, 2.45) is 22.7 Å². The molecule has 5 atom stereocenters. The number of aliphatic hydroxyl groups is 1. The molecule has 0 amide bonds. The van der Waals surface area contributed by atoms with Crippen LogP contribution in [0.15, 0.2) is 0 Å². The van der Waals surface area contributed by atoms with Crippen LogP contribution >= 0.6 is 0 Å². The lowest BCUT2D eigenvalue weighted by Crippen LogP contribution is -2.57. The van der Waals surface area contributed by atoms with Gasteiger partial charge in [-0.05, 0) is 68.1 Å². The van der Waals surface area contributed by atoms with Crippen LogP contribution in [0.25, 0.3) is 0 Å². The van der Waals surface area contributed by atoms with E-state index >= 15 is 0 Å². The summed E-state index contributed by atoms with van der Waals surface area (Å²) >= 11 is 0. The van der Waals surface area contributed by atoms with Crippen molar-refractivity contribution in [1.82, 2.24) is 0 Å². The van der Waals surface area contributed by atoms with Gasteiger partial charge in [-0.2, -0.15) is 0 Å². The third kappa shape index (κ3) is 2.33. The van der Waals surface area contributed by atoms with E-state index in [0.29, 0.717) is 17.4 Å². The van der Waals surface area contributed by atoms with E-state index in [2.05, 4.69) is 20.8 Å². The van der Waals surface area contributed by atoms with Gasteiger partial charge in [0.05, 0.1) is 18.3 Å². The van der Waals surface area contributed by atoms with Crippen molar-refractivity contribution in [2.45, 2.75) is 84.3 Å². The summed E-state index contributed by atoms with van der Waals surface area (Å²) in [5.41, 5.74) is 1.05. The number of aliphatic hydroxyl groups excluding tert-OH is 1. The van der Waals surface area contributed by atoms with Crippen molar-refractivity contribution in [2.75, 3.05) is 6.61 Å². The van der Waals surface area contributed by atoms with Gasteiger partial charge in [0, 0.05) is 0 Å². The summed E-state index contributed by atoms with van der Waals surface area (Å²) in [7, 11) is 0. The number of rotatable bonds is 3. The molecule has 0 heterocycles. The second kappa shape index (κ2) is 4.71. The third-order valence-corrected chi connectivity index (χ3v) is 6.69. The van der Waals surface area contributed by atoms with Crippen molar-refractivity contribution in [3.8, 4) is 0 Å². The van der Waals surface area contributed by atoms with Crippen molar-refractivity contribution < 1.29 is 9.84 Å². The molecule has 0 radical (unpaired) electrons. The summed E-state index contributed by atoms with van der Waals surface area (Å²) in [5.74, 6) is 1.56. The third-order valence-electron chi connectivity index (χ3n) is 6.69. The lowest BCUT2D eigenvalue weighted by atomic mass is 9.49. The van der Waals surface area contributed by atoms with Gasteiger partial charge in [0.15, 0.2) is 0 Å². The maximum absolute atomic E-state index is 9.66. The predicted octanol–water partition coefficient (Wildman–Crippen LogP) is 4.16. The Morgan fingerprint density at radius 3 is 2.55 bits per heavy atom. The Balaban J connectivity index is 1.87. The normalized spacial score (nSPS) is 47.9. The van der Waals surface area contributed by atoms with Gasteiger partial charge in [-0.1, -0.05) is 27.2 Å². The van der Waals surface area contributed by atoms with Crippen molar-refractivity contribution in [3.05, 3.63) is 0 Å². The SMILES string of the molecule is C[C@H](O)COC12CCCC(C)(CCC3C1CC3(C)C)C2. The van der Waals surface area contributed by atoms with Crippen LogP contribution in [0.3, 0.4) is 0 Å². The minimum Gasteiger partial charge on any atom is -0.391 e. The zero-order valence-corrected chi connectivity index (χ0v) is 13.7. The van der Waals surface area contributed by atoms with Crippen LogP contribution in [-0.2, 0) is 4.74 Å². The van der Waals surface area contributed by atoms with E-state index in [1.165, 1.54) is 44.9 Å². The molecule has 0 aromatic carbocycles. The predicted molar refractivity (Wildman–Crippen MR) is 81.6 cm³/mol. The van der Waals surface area contributed by atoms with E-state index in [-0.39, 0.29) is 11.7 Å². The molecule has 2 bridgehead atoms. The second-order valence-corrected chi connectivity index (χ2v) is 9.01. The summed E-state index contributed by atoms with van der Waals surface area (Å²) in [6.45, 7) is 9.71. The fourth-order valence-electron chi connectivity index (χ4n) is 5.65. The van der Waals surface area contributed by atoms with E-state index in [9.17, 15) is 5.11 Å². The van der Waals surface area contributed by atoms with Gasteiger partial charge in [-0.3, -0.25) is 0 Å². The molecule has 3 rings (SSSR count). The molecule has 3 fully saturated rings. The van der Waals surface area contributed by atoms with Gasteiger partial charge < -0.3 is 9.84 Å². The van der Waals surface area contributed by atoms with E-state index in [1.54, 1.807) is 0 Å². The van der Waals surface area contributed by atoms with Crippen molar-refractivity contribution in [1.29, 1.82) is 0 Å². The number of hydrogen-bond acceptors (Lipinski definition) is 2. The first kappa shape index (κ1) is 14.8. The van der Waals surface area contributed by atoms with Crippen LogP contribution in [0.2, 0.25) is 0 Å². The number of fused-ring (bicyclic) bond motifs is 4. The highest BCUT2D eigenvalue weighted by Crippen LogP contribution is 2.65. The van der Waals surface area contributed by atoms with Gasteiger partial charge in [-0.15, -0.1) is 0 Å². The first-order valence-corrected chi connectivity index (χ1v) is 8.59.